The molecule has 11 nitrogen and oxygen atoms in total. The summed E-state index contributed by atoms with van der Waals surface area (Å²) in [7, 11) is 0. The van der Waals surface area contributed by atoms with Crippen LogP contribution in [-0.4, -0.2) is 89.1 Å². The zero-order valence-electron chi connectivity index (χ0n) is 26.3. The first-order valence-corrected chi connectivity index (χ1v) is 14.7. The van der Waals surface area contributed by atoms with Crippen LogP contribution >= 0.6 is 23.2 Å². The van der Waals surface area contributed by atoms with Gasteiger partial charge in [0.1, 0.15) is 11.2 Å². The normalized spacial score (nSPS) is 15.7. The second-order valence-corrected chi connectivity index (χ2v) is 13.7. The molecule has 1 saturated heterocycles. The molecule has 0 aliphatic carbocycles. The van der Waals surface area contributed by atoms with Crippen molar-refractivity contribution in [1.82, 2.24) is 9.80 Å². The van der Waals surface area contributed by atoms with Crippen molar-refractivity contribution in [3.63, 3.8) is 0 Å². The number of nitrogens with zero attached hydrogens (tertiary/aromatic N) is 3. The van der Waals surface area contributed by atoms with Crippen LogP contribution in [0, 0.1) is 0 Å². The summed E-state index contributed by atoms with van der Waals surface area (Å²) in [5.74, 6) is -0.801. The van der Waals surface area contributed by atoms with E-state index in [1.807, 2.05) is 25.7 Å². The highest BCUT2D eigenvalue weighted by atomic mass is 35.5. The van der Waals surface area contributed by atoms with Gasteiger partial charge in [-0.25, -0.2) is 19.3 Å². The highest BCUT2D eigenvalue weighted by Crippen LogP contribution is 2.41. The molecule has 1 unspecified atom stereocenters. The number of amides is 2. The van der Waals surface area contributed by atoms with Crippen LogP contribution in [0.15, 0.2) is 6.07 Å². The predicted molar refractivity (Wildman–Crippen MR) is 161 cm³/mol. The number of rotatable bonds is 7. The minimum atomic E-state index is -1.88. The number of esters is 1. The molecule has 1 aromatic rings. The van der Waals surface area contributed by atoms with Gasteiger partial charge in [0.25, 0.3) is 0 Å². The van der Waals surface area contributed by atoms with Gasteiger partial charge in [-0.05, 0) is 75.3 Å². The first-order chi connectivity index (χ1) is 19.1. The number of carbonyl (C=O) groups is 3. The number of halogens is 2. The fraction of sp³-hybridized carbons (Fsp3) is 0.690. The van der Waals surface area contributed by atoms with E-state index in [-0.39, 0.29) is 40.5 Å². The molecular weight excluding hydrogens is 589 g/mol. The number of piperazine rings is 1. The summed E-state index contributed by atoms with van der Waals surface area (Å²) in [6.07, 6.45) is -3.26. The Bertz CT molecular complexity index is 1130. The standard InChI is InChI=1S/C29H45Cl2N3O8/c1-11-39-23(35)18-16-20(30)19(17-32-12-14-33(15-13-32)24(36)40-27(2,3)4)21(31)22(18)34(25(37)41-28(5,6)7)26(38)42-29(8,9)10/h16,25,37H,11-15,17H2,1-10H3. The minimum Gasteiger partial charge on any atom is -0.462 e. The van der Waals surface area contributed by atoms with Crippen molar-refractivity contribution < 1.29 is 38.4 Å². The average molecular weight is 635 g/mol. The molecule has 1 heterocycles. The number of benzene rings is 1. The van der Waals surface area contributed by atoms with Gasteiger partial charge in [-0.15, -0.1) is 0 Å². The molecule has 1 atom stereocenters. The Balaban J connectivity index is 2.54. The lowest BCUT2D eigenvalue weighted by molar-refractivity contribution is -0.163. The molecule has 1 N–H and O–H groups in total. The average Bonchev–Trinajstić information content (AvgIpc) is 2.80. The zero-order valence-corrected chi connectivity index (χ0v) is 27.8. The molecule has 13 heteroatoms. The number of ether oxygens (including phenoxy) is 4. The van der Waals surface area contributed by atoms with Crippen molar-refractivity contribution in [2.24, 2.45) is 0 Å². The Hall–Kier alpha value is -2.31. The Morgan fingerprint density at radius 2 is 1.48 bits per heavy atom. The smallest absolute Gasteiger partial charge is 0.418 e. The van der Waals surface area contributed by atoms with Crippen LogP contribution in [0.25, 0.3) is 0 Å². The maximum atomic E-state index is 13.5. The molecule has 1 aromatic carbocycles. The van der Waals surface area contributed by atoms with Gasteiger partial charge in [0.2, 0.25) is 6.41 Å². The second kappa shape index (κ2) is 14.0. The predicted octanol–water partition coefficient (Wildman–Crippen LogP) is 6.06. The molecule has 0 saturated carbocycles. The number of carbonyl (C=O) groups excluding carboxylic acids is 3. The summed E-state index contributed by atoms with van der Waals surface area (Å²) in [5, 5.41) is 11.3. The van der Waals surface area contributed by atoms with Crippen molar-refractivity contribution in [3.05, 3.63) is 27.2 Å². The number of anilines is 1. The van der Waals surface area contributed by atoms with E-state index >= 15 is 0 Å². The third-order valence-corrected chi connectivity index (χ3v) is 6.44. The SMILES string of the molecule is CCOC(=O)c1cc(Cl)c(CN2CCN(C(=O)OC(C)(C)C)CC2)c(Cl)c1N(C(=O)OC(C)(C)C)C(O)OC(C)(C)C. The zero-order chi connectivity index (χ0) is 32.2. The van der Waals surface area contributed by atoms with E-state index < -0.39 is 35.3 Å². The van der Waals surface area contributed by atoms with Gasteiger partial charge in [-0.2, -0.15) is 0 Å². The van der Waals surface area contributed by atoms with Gasteiger partial charge in [0, 0.05) is 43.3 Å². The Labute approximate surface area is 258 Å². The third-order valence-electron chi connectivity index (χ3n) is 5.70. The second-order valence-electron chi connectivity index (χ2n) is 12.9. The molecule has 0 radical (unpaired) electrons. The van der Waals surface area contributed by atoms with E-state index in [4.69, 9.17) is 42.1 Å². The summed E-state index contributed by atoms with van der Waals surface area (Å²) < 4.78 is 22.0. The minimum absolute atomic E-state index is 0.0463. The topological polar surface area (TPSA) is 118 Å². The van der Waals surface area contributed by atoms with E-state index in [1.165, 1.54) is 6.07 Å². The molecule has 1 fully saturated rings. The van der Waals surface area contributed by atoms with Gasteiger partial charge < -0.3 is 29.0 Å². The molecule has 0 bridgehead atoms. The Morgan fingerprint density at radius 1 is 0.929 bits per heavy atom. The molecule has 0 aromatic heterocycles. The largest absolute Gasteiger partial charge is 0.462 e. The van der Waals surface area contributed by atoms with Crippen molar-refractivity contribution in [1.29, 1.82) is 0 Å². The van der Waals surface area contributed by atoms with E-state index in [0.29, 0.717) is 31.7 Å². The number of hydrogen-bond donors (Lipinski definition) is 1. The summed E-state index contributed by atoms with van der Waals surface area (Å²) in [6.45, 7) is 19.2. The highest BCUT2D eigenvalue weighted by Gasteiger charge is 2.38. The molecule has 238 valence electrons. The van der Waals surface area contributed by atoms with Crippen LogP contribution in [0.3, 0.4) is 0 Å². The fourth-order valence-corrected chi connectivity index (χ4v) is 4.67. The summed E-state index contributed by atoms with van der Waals surface area (Å²) in [4.78, 5) is 43.6. The molecule has 1 aliphatic rings. The van der Waals surface area contributed by atoms with Gasteiger partial charge >= 0.3 is 18.2 Å². The van der Waals surface area contributed by atoms with Crippen LogP contribution in [0.4, 0.5) is 15.3 Å². The van der Waals surface area contributed by atoms with E-state index in [1.54, 1.807) is 53.4 Å². The lowest BCUT2D eigenvalue weighted by Gasteiger charge is -2.37. The van der Waals surface area contributed by atoms with E-state index in [0.717, 1.165) is 4.90 Å². The fourth-order valence-electron chi connectivity index (χ4n) is 4.00. The van der Waals surface area contributed by atoms with Crippen LogP contribution in [0.5, 0.6) is 0 Å². The molecule has 2 amide bonds. The third kappa shape index (κ3) is 10.4. The molecular formula is C29H45Cl2N3O8. The molecule has 0 spiro atoms. The van der Waals surface area contributed by atoms with Crippen LogP contribution in [-0.2, 0) is 25.5 Å². The number of hydrogen-bond acceptors (Lipinski definition) is 9. The molecule has 1 aliphatic heterocycles. The van der Waals surface area contributed by atoms with Gasteiger partial charge in [0.15, 0.2) is 0 Å². The highest BCUT2D eigenvalue weighted by molar-refractivity contribution is 6.39. The van der Waals surface area contributed by atoms with Crippen molar-refractivity contribution in [2.45, 2.75) is 99.0 Å². The lowest BCUT2D eigenvalue weighted by Crippen LogP contribution is -2.49. The van der Waals surface area contributed by atoms with Gasteiger partial charge in [0.05, 0.1) is 28.5 Å². The van der Waals surface area contributed by atoms with Crippen molar-refractivity contribution >= 4 is 47.0 Å². The van der Waals surface area contributed by atoms with E-state index in [2.05, 4.69) is 0 Å². The number of aliphatic hydroxyl groups excluding tert-OH is 1. The van der Waals surface area contributed by atoms with Crippen molar-refractivity contribution in [2.75, 3.05) is 37.7 Å². The molecule has 42 heavy (non-hydrogen) atoms. The summed E-state index contributed by atoms with van der Waals surface area (Å²) in [5.41, 5.74) is -2.34. The first kappa shape index (κ1) is 35.9. The van der Waals surface area contributed by atoms with Crippen LogP contribution < -0.4 is 4.90 Å². The monoisotopic (exact) mass is 633 g/mol. The Kier molecular flexibility index (Phi) is 11.9. The van der Waals surface area contributed by atoms with Gasteiger partial charge in [-0.1, -0.05) is 23.2 Å². The number of aliphatic hydroxyl groups is 1. The summed E-state index contributed by atoms with van der Waals surface area (Å²) >= 11 is 13.6. The van der Waals surface area contributed by atoms with Gasteiger partial charge in [-0.3, -0.25) is 4.90 Å². The maximum absolute atomic E-state index is 13.5. The maximum Gasteiger partial charge on any atom is 0.418 e. The van der Waals surface area contributed by atoms with E-state index in [9.17, 15) is 19.5 Å². The van der Waals surface area contributed by atoms with Crippen LogP contribution in [0.1, 0.15) is 85.2 Å². The van der Waals surface area contributed by atoms with Crippen LogP contribution in [0.2, 0.25) is 10.0 Å². The quantitative estimate of drug-likeness (QED) is 0.217. The lowest BCUT2D eigenvalue weighted by atomic mass is 10.1. The molecule has 2 rings (SSSR count). The first-order valence-electron chi connectivity index (χ1n) is 13.9. The summed E-state index contributed by atoms with van der Waals surface area (Å²) in [6, 6.07) is 1.36. The van der Waals surface area contributed by atoms with Crippen molar-refractivity contribution in [3.8, 4) is 0 Å². The Morgan fingerprint density at radius 3 is 1.95 bits per heavy atom.